The summed E-state index contributed by atoms with van der Waals surface area (Å²) in [7, 11) is 4.28. The van der Waals surface area contributed by atoms with Gasteiger partial charge in [0.15, 0.2) is 33.2 Å². The molecular weight excluding hydrogens is 664 g/mol. The number of hydrogen-bond acceptors (Lipinski definition) is 5. The van der Waals surface area contributed by atoms with Crippen LogP contribution in [-0.2, 0) is 5.40 Å². The third kappa shape index (κ3) is 5.44. The summed E-state index contributed by atoms with van der Waals surface area (Å²) in [6.45, 7) is 0. The molecule has 53 heavy (non-hydrogen) atoms. The Kier molecular flexibility index (Phi) is 7.37. The maximum absolute atomic E-state index is 6.46. The van der Waals surface area contributed by atoms with E-state index in [9.17, 15) is 0 Å². The minimum absolute atomic E-state index is 0.451. The third-order valence-electron chi connectivity index (χ3n) is 10.2. The molecule has 0 saturated heterocycles. The van der Waals surface area contributed by atoms with E-state index in [4.69, 9.17) is 19.7 Å². The summed E-state index contributed by atoms with van der Waals surface area (Å²) in [4.78, 5) is 15.4. The van der Waals surface area contributed by atoms with E-state index in [0.29, 0.717) is 17.5 Å². The predicted octanol–water partition coefficient (Wildman–Crippen LogP) is 10.0. The van der Waals surface area contributed by atoms with Gasteiger partial charge in [-0.3, -0.25) is 0 Å². The molecule has 0 aliphatic carbocycles. The van der Waals surface area contributed by atoms with E-state index in [0.717, 1.165) is 39.1 Å². The van der Waals surface area contributed by atoms with Gasteiger partial charge in [-0.2, -0.15) is 0 Å². The minimum Gasteiger partial charge on any atom is -0.500 e. The highest BCUT2D eigenvalue weighted by Crippen LogP contribution is 2.47. The molecule has 248 valence electrons. The highest BCUT2D eigenvalue weighted by molar-refractivity contribution is 7.26. The molecule has 3 heterocycles. The molecular formula is C46H31B2N3OS. The number of ether oxygens (including phenoxy) is 1. The van der Waals surface area contributed by atoms with Gasteiger partial charge >= 0.3 is 0 Å². The number of aromatic nitrogens is 3. The molecule has 7 heteroatoms. The van der Waals surface area contributed by atoms with Crippen molar-refractivity contribution in [1.29, 1.82) is 0 Å². The summed E-state index contributed by atoms with van der Waals surface area (Å²) in [5.41, 5.74) is 11.0. The predicted molar refractivity (Wildman–Crippen MR) is 225 cm³/mol. The van der Waals surface area contributed by atoms with Crippen molar-refractivity contribution in [3.05, 3.63) is 169 Å². The smallest absolute Gasteiger partial charge is 0.165 e. The van der Waals surface area contributed by atoms with Gasteiger partial charge < -0.3 is 4.74 Å². The Morgan fingerprint density at radius 1 is 0.434 bits per heavy atom. The zero-order valence-corrected chi connectivity index (χ0v) is 30.1. The number of thiophene rings is 1. The van der Waals surface area contributed by atoms with Gasteiger partial charge in [0.2, 0.25) is 0 Å². The van der Waals surface area contributed by atoms with Crippen LogP contribution < -0.4 is 4.74 Å². The second kappa shape index (κ2) is 12.4. The van der Waals surface area contributed by atoms with E-state index in [-0.39, 0.29) is 0 Å². The van der Waals surface area contributed by atoms with Crippen LogP contribution in [0.3, 0.4) is 0 Å². The molecule has 0 N–H and O–H groups in total. The summed E-state index contributed by atoms with van der Waals surface area (Å²) in [5.74, 6) is 2.85. The Bertz CT molecular complexity index is 2830. The zero-order chi connectivity index (χ0) is 35.5. The van der Waals surface area contributed by atoms with E-state index in [1.807, 2.05) is 12.1 Å². The fraction of sp³-hybridized carbons (Fsp3) is 0.0217. The van der Waals surface area contributed by atoms with Crippen LogP contribution in [0.1, 0.15) is 5.56 Å². The van der Waals surface area contributed by atoms with Gasteiger partial charge in [-0.05, 0) is 51.6 Å². The normalized spacial score (nSPS) is 13.0. The monoisotopic (exact) mass is 695 g/mol. The van der Waals surface area contributed by atoms with Gasteiger partial charge in [0.05, 0.1) is 5.40 Å². The van der Waals surface area contributed by atoms with Crippen molar-refractivity contribution >= 4 is 47.2 Å². The number of benzene rings is 7. The van der Waals surface area contributed by atoms with Crippen LogP contribution in [0.15, 0.2) is 164 Å². The van der Waals surface area contributed by atoms with Crippen LogP contribution in [0.5, 0.6) is 5.75 Å². The molecule has 0 amide bonds. The molecule has 0 bridgehead atoms. The van der Waals surface area contributed by atoms with Crippen LogP contribution >= 0.6 is 11.3 Å². The fourth-order valence-electron chi connectivity index (χ4n) is 7.60. The highest BCUT2D eigenvalue weighted by Gasteiger charge is 2.33. The van der Waals surface area contributed by atoms with Crippen molar-refractivity contribution < 1.29 is 4.74 Å². The van der Waals surface area contributed by atoms with Crippen molar-refractivity contribution in [2.45, 2.75) is 5.40 Å². The average molecular weight is 695 g/mol. The maximum Gasteiger partial charge on any atom is 0.165 e. The van der Waals surface area contributed by atoms with Crippen LogP contribution in [0.2, 0.25) is 0 Å². The Hall–Kier alpha value is -6.30. The van der Waals surface area contributed by atoms with E-state index < -0.39 is 5.40 Å². The van der Waals surface area contributed by atoms with Gasteiger partial charge in [0, 0.05) is 42.4 Å². The number of fused-ring (bicyclic) bond motifs is 6. The van der Waals surface area contributed by atoms with Crippen molar-refractivity contribution in [3.8, 4) is 73.3 Å². The Balaban J connectivity index is 1.11. The molecule has 7 aromatic carbocycles. The van der Waals surface area contributed by atoms with Gasteiger partial charge in [-0.15, -0.1) is 11.3 Å². The van der Waals surface area contributed by atoms with Crippen molar-refractivity contribution in [2.24, 2.45) is 0 Å². The molecule has 0 radical (unpaired) electrons. The van der Waals surface area contributed by atoms with Crippen LogP contribution in [0.25, 0.3) is 87.7 Å². The van der Waals surface area contributed by atoms with Crippen molar-refractivity contribution in [3.63, 3.8) is 0 Å². The second-order valence-electron chi connectivity index (χ2n) is 13.9. The summed E-state index contributed by atoms with van der Waals surface area (Å²) in [6, 6.07) is 57.4. The lowest BCUT2D eigenvalue weighted by Gasteiger charge is -2.36. The Morgan fingerprint density at radius 3 is 1.75 bits per heavy atom. The van der Waals surface area contributed by atoms with Crippen LogP contribution in [0, 0.1) is 0 Å². The van der Waals surface area contributed by atoms with E-state index in [1.165, 1.54) is 42.4 Å². The molecule has 0 spiro atoms. The lowest BCUT2D eigenvalue weighted by molar-refractivity contribution is 0.241. The first-order chi connectivity index (χ1) is 26.0. The Labute approximate surface area is 313 Å². The number of rotatable bonds is 5. The molecule has 0 atom stereocenters. The van der Waals surface area contributed by atoms with E-state index in [2.05, 4.69) is 167 Å². The average Bonchev–Trinajstić information content (AvgIpc) is 3.60. The molecule has 0 unspecified atom stereocenters. The number of hydrogen-bond donors (Lipinski definition) is 0. The third-order valence-corrected chi connectivity index (χ3v) is 11.4. The molecule has 9 aromatic rings. The zero-order valence-electron chi connectivity index (χ0n) is 29.2. The molecule has 2 aromatic heterocycles. The van der Waals surface area contributed by atoms with Crippen LogP contribution in [-0.4, -0.2) is 30.6 Å². The lowest BCUT2D eigenvalue weighted by atomic mass is 9.58. The molecule has 10 rings (SSSR count). The van der Waals surface area contributed by atoms with Gasteiger partial charge in [-0.25, -0.2) is 15.0 Å². The molecule has 1 aliphatic rings. The second-order valence-corrected chi connectivity index (χ2v) is 15.0. The molecule has 0 fully saturated rings. The Morgan fingerprint density at radius 2 is 0.981 bits per heavy atom. The van der Waals surface area contributed by atoms with E-state index in [1.54, 1.807) is 11.3 Å². The molecule has 1 aliphatic heterocycles. The number of para-hydroxylation sites is 1. The van der Waals surface area contributed by atoms with Gasteiger partial charge in [0.25, 0.3) is 0 Å². The first-order valence-electron chi connectivity index (χ1n) is 17.9. The SMILES string of the molecule is BC1(B)Oc2ccccc2-c2c(-c3ccc(-c4nc(-c5ccc(-c6ccccc6)cc5)nc(-c5cccc6c5sc5ccccc56)n4)cc3)cccc21. The maximum atomic E-state index is 6.46. The van der Waals surface area contributed by atoms with Crippen LogP contribution in [0.4, 0.5) is 0 Å². The van der Waals surface area contributed by atoms with Crippen molar-refractivity contribution in [1.82, 2.24) is 15.0 Å². The first kappa shape index (κ1) is 31.4. The number of nitrogens with zero attached hydrogens (tertiary/aromatic N) is 3. The molecule has 4 nitrogen and oxygen atoms in total. The standard InChI is InChI=1S/C46H31B2N3OS/c47-46(48)38-17-9-14-33(41(38)36-13-4-6-18-39(36)52-46)30-22-26-32(27-23-30)44-49-43(31-24-20-29(21-25-31)28-10-2-1-3-11-28)50-45(51-44)37-16-8-15-35-34-12-5-7-19-40(34)53-42(35)37/h1-27H,47-48H2. The van der Waals surface area contributed by atoms with E-state index >= 15 is 0 Å². The summed E-state index contributed by atoms with van der Waals surface area (Å²) in [6.07, 6.45) is 0. The van der Waals surface area contributed by atoms with Gasteiger partial charge in [0.1, 0.15) is 5.75 Å². The summed E-state index contributed by atoms with van der Waals surface area (Å²) < 4.78 is 8.88. The first-order valence-corrected chi connectivity index (χ1v) is 18.7. The highest BCUT2D eigenvalue weighted by atomic mass is 32.1. The minimum atomic E-state index is -0.451. The summed E-state index contributed by atoms with van der Waals surface area (Å²) in [5, 5.41) is 2.01. The fourth-order valence-corrected chi connectivity index (χ4v) is 8.81. The van der Waals surface area contributed by atoms with Gasteiger partial charge in [-0.1, -0.05) is 146 Å². The topological polar surface area (TPSA) is 47.9 Å². The lowest BCUT2D eigenvalue weighted by Crippen LogP contribution is -2.37. The largest absolute Gasteiger partial charge is 0.500 e. The van der Waals surface area contributed by atoms with Crippen molar-refractivity contribution in [2.75, 3.05) is 0 Å². The summed E-state index contributed by atoms with van der Waals surface area (Å²) >= 11 is 1.78. The molecule has 0 saturated carbocycles. The quantitative estimate of drug-likeness (QED) is 0.168.